The van der Waals surface area contributed by atoms with Crippen LogP contribution in [-0.2, 0) is 5.75 Å². The van der Waals surface area contributed by atoms with Gasteiger partial charge in [0.05, 0.1) is 0 Å². The minimum absolute atomic E-state index is 0.805. The lowest BCUT2D eigenvalue weighted by atomic mass is 10.2. The fourth-order valence-corrected chi connectivity index (χ4v) is 1.63. The Morgan fingerprint density at radius 1 is 1.46 bits per heavy atom. The zero-order valence-electron chi connectivity index (χ0n) is 7.73. The second kappa shape index (κ2) is 4.49. The van der Waals surface area contributed by atoms with Gasteiger partial charge in [-0.3, -0.25) is 0 Å². The SMILES string of the molecule is C=CC(C)(O)SCc1ccccc1. The number of rotatable bonds is 4. The van der Waals surface area contributed by atoms with Crippen LogP contribution >= 0.6 is 11.8 Å². The van der Waals surface area contributed by atoms with E-state index in [0.29, 0.717) is 0 Å². The summed E-state index contributed by atoms with van der Waals surface area (Å²) >= 11 is 1.47. The molecule has 0 aliphatic carbocycles. The Labute approximate surface area is 83.5 Å². The molecule has 0 aliphatic heterocycles. The van der Waals surface area contributed by atoms with Crippen molar-refractivity contribution in [2.75, 3.05) is 0 Å². The summed E-state index contributed by atoms with van der Waals surface area (Å²) in [6.45, 7) is 5.32. The molecule has 1 atom stereocenters. The summed E-state index contributed by atoms with van der Waals surface area (Å²) in [6, 6.07) is 10.1. The van der Waals surface area contributed by atoms with Crippen molar-refractivity contribution in [2.45, 2.75) is 17.6 Å². The van der Waals surface area contributed by atoms with Crippen LogP contribution in [0.5, 0.6) is 0 Å². The van der Waals surface area contributed by atoms with Gasteiger partial charge in [0.15, 0.2) is 0 Å². The summed E-state index contributed by atoms with van der Waals surface area (Å²) in [5.41, 5.74) is 1.22. The average Bonchev–Trinajstić information content (AvgIpc) is 2.17. The molecule has 1 aromatic rings. The molecule has 0 heterocycles. The quantitative estimate of drug-likeness (QED) is 0.587. The normalized spacial score (nSPS) is 14.9. The van der Waals surface area contributed by atoms with E-state index in [1.165, 1.54) is 17.3 Å². The molecular formula is C11H14OS. The summed E-state index contributed by atoms with van der Waals surface area (Å²) < 4.78 is 0. The van der Waals surface area contributed by atoms with E-state index in [1.54, 1.807) is 13.0 Å². The van der Waals surface area contributed by atoms with Crippen molar-refractivity contribution in [1.29, 1.82) is 0 Å². The minimum Gasteiger partial charge on any atom is -0.376 e. The molecule has 1 rings (SSSR count). The van der Waals surface area contributed by atoms with Gasteiger partial charge in [0.1, 0.15) is 4.93 Å². The van der Waals surface area contributed by atoms with Gasteiger partial charge in [-0.25, -0.2) is 0 Å². The van der Waals surface area contributed by atoms with Crippen molar-refractivity contribution in [3.63, 3.8) is 0 Å². The molecule has 2 heteroatoms. The monoisotopic (exact) mass is 194 g/mol. The van der Waals surface area contributed by atoms with E-state index in [0.717, 1.165) is 5.75 Å². The van der Waals surface area contributed by atoms with Crippen LogP contribution in [0.15, 0.2) is 43.0 Å². The molecule has 1 nitrogen and oxygen atoms in total. The van der Waals surface area contributed by atoms with E-state index >= 15 is 0 Å². The Hall–Kier alpha value is -0.730. The maximum atomic E-state index is 9.63. The molecule has 0 spiro atoms. The molecule has 0 saturated carbocycles. The smallest absolute Gasteiger partial charge is 0.126 e. The zero-order valence-corrected chi connectivity index (χ0v) is 8.55. The fourth-order valence-electron chi connectivity index (χ4n) is 0.863. The van der Waals surface area contributed by atoms with E-state index in [1.807, 2.05) is 30.3 Å². The van der Waals surface area contributed by atoms with Crippen molar-refractivity contribution < 1.29 is 5.11 Å². The van der Waals surface area contributed by atoms with Crippen LogP contribution in [0.1, 0.15) is 12.5 Å². The van der Waals surface area contributed by atoms with Crippen molar-refractivity contribution in [3.8, 4) is 0 Å². The van der Waals surface area contributed by atoms with E-state index in [9.17, 15) is 5.11 Å². The molecule has 0 aliphatic rings. The number of hydrogen-bond donors (Lipinski definition) is 1. The summed E-state index contributed by atoms with van der Waals surface area (Å²) in [4.78, 5) is -0.824. The molecule has 0 bridgehead atoms. The van der Waals surface area contributed by atoms with Crippen molar-refractivity contribution in [2.24, 2.45) is 0 Å². The number of hydrogen-bond acceptors (Lipinski definition) is 2. The molecule has 0 amide bonds. The maximum absolute atomic E-state index is 9.63. The minimum atomic E-state index is -0.824. The highest BCUT2D eigenvalue weighted by molar-refractivity contribution is 7.99. The first kappa shape index (κ1) is 10.4. The number of thioether (sulfide) groups is 1. The molecule has 0 radical (unpaired) electrons. The van der Waals surface area contributed by atoms with E-state index in [-0.39, 0.29) is 0 Å². The third-order valence-corrected chi connectivity index (χ3v) is 2.98. The number of aliphatic hydroxyl groups is 1. The molecule has 0 fully saturated rings. The Bertz CT molecular complexity index is 267. The van der Waals surface area contributed by atoms with Gasteiger partial charge in [-0.15, -0.1) is 11.8 Å². The van der Waals surface area contributed by atoms with Gasteiger partial charge < -0.3 is 5.11 Å². The van der Waals surface area contributed by atoms with Gasteiger partial charge >= 0.3 is 0 Å². The third-order valence-electron chi connectivity index (χ3n) is 1.75. The topological polar surface area (TPSA) is 20.2 Å². The standard InChI is InChI=1S/C11H14OS/c1-3-11(2,12)13-9-10-7-5-4-6-8-10/h3-8,12H,1,9H2,2H3. The molecular weight excluding hydrogens is 180 g/mol. The predicted octanol–water partition coefficient (Wildman–Crippen LogP) is 2.81. The van der Waals surface area contributed by atoms with Crippen molar-refractivity contribution in [1.82, 2.24) is 0 Å². The van der Waals surface area contributed by atoms with Gasteiger partial charge in [0, 0.05) is 5.75 Å². The lowest BCUT2D eigenvalue weighted by Crippen LogP contribution is -2.14. The zero-order chi connectivity index (χ0) is 9.73. The van der Waals surface area contributed by atoms with E-state index in [4.69, 9.17) is 0 Å². The van der Waals surface area contributed by atoms with Gasteiger partial charge in [-0.1, -0.05) is 43.0 Å². The van der Waals surface area contributed by atoms with Crippen LogP contribution in [0.2, 0.25) is 0 Å². The largest absolute Gasteiger partial charge is 0.376 e. The molecule has 1 N–H and O–H groups in total. The Balaban J connectivity index is 2.48. The summed E-state index contributed by atoms with van der Waals surface area (Å²) in [7, 11) is 0. The van der Waals surface area contributed by atoms with Crippen LogP contribution in [0.3, 0.4) is 0 Å². The first-order valence-corrected chi connectivity index (χ1v) is 5.16. The van der Waals surface area contributed by atoms with Crippen LogP contribution < -0.4 is 0 Å². The van der Waals surface area contributed by atoms with Crippen LogP contribution in [-0.4, -0.2) is 10.0 Å². The van der Waals surface area contributed by atoms with Gasteiger partial charge in [-0.05, 0) is 12.5 Å². The highest BCUT2D eigenvalue weighted by atomic mass is 32.2. The van der Waals surface area contributed by atoms with E-state index < -0.39 is 4.93 Å². The predicted molar refractivity (Wildman–Crippen MR) is 58.6 cm³/mol. The third kappa shape index (κ3) is 3.66. The lowest BCUT2D eigenvalue weighted by Gasteiger charge is -2.17. The average molecular weight is 194 g/mol. The first-order chi connectivity index (χ1) is 6.14. The first-order valence-electron chi connectivity index (χ1n) is 4.18. The lowest BCUT2D eigenvalue weighted by molar-refractivity contribution is 0.209. The summed E-state index contributed by atoms with van der Waals surface area (Å²) in [6.07, 6.45) is 1.56. The van der Waals surface area contributed by atoms with Crippen molar-refractivity contribution >= 4 is 11.8 Å². The summed E-state index contributed by atoms with van der Waals surface area (Å²) in [5, 5.41) is 9.63. The van der Waals surface area contributed by atoms with Gasteiger partial charge in [0.25, 0.3) is 0 Å². The summed E-state index contributed by atoms with van der Waals surface area (Å²) in [5.74, 6) is 0.805. The maximum Gasteiger partial charge on any atom is 0.126 e. The van der Waals surface area contributed by atoms with Gasteiger partial charge in [-0.2, -0.15) is 0 Å². The highest BCUT2D eigenvalue weighted by Crippen LogP contribution is 2.26. The Morgan fingerprint density at radius 2 is 2.08 bits per heavy atom. The Morgan fingerprint density at radius 3 is 2.62 bits per heavy atom. The second-order valence-electron chi connectivity index (χ2n) is 3.03. The highest BCUT2D eigenvalue weighted by Gasteiger charge is 2.14. The fraction of sp³-hybridized carbons (Fsp3) is 0.273. The molecule has 1 aromatic carbocycles. The van der Waals surface area contributed by atoms with Crippen LogP contribution in [0, 0.1) is 0 Å². The molecule has 13 heavy (non-hydrogen) atoms. The van der Waals surface area contributed by atoms with E-state index in [2.05, 4.69) is 6.58 Å². The van der Waals surface area contributed by atoms with Crippen LogP contribution in [0.25, 0.3) is 0 Å². The molecule has 0 aromatic heterocycles. The van der Waals surface area contributed by atoms with Crippen LogP contribution in [0.4, 0.5) is 0 Å². The Kier molecular flexibility index (Phi) is 3.58. The van der Waals surface area contributed by atoms with Gasteiger partial charge in [0.2, 0.25) is 0 Å². The molecule has 1 unspecified atom stereocenters. The molecule has 70 valence electrons. The number of benzene rings is 1. The van der Waals surface area contributed by atoms with Crippen molar-refractivity contribution in [3.05, 3.63) is 48.6 Å². The second-order valence-corrected chi connectivity index (χ2v) is 4.44. The molecule has 0 saturated heterocycles.